The van der Waals surface area contributed by atoms with Gasteiger partial charge in [-0.05, 0) is 24.5 Å². The maximum Gasteiger partial charge on any atom is 0.325 e. The van der Waals surface area contributed by atoms with Crippen molar-refractivity contribution in [2.45, 2.75) is 25.5 Å². The molecule has 4 nitrogen and oxygen atoms in total. The zero-order valence-corrected chi connectivity index (χ0v) is 9.51. The van der Waals surface area contributed by atoms with Gasteiger partial charge in [0, 0.05) is 7.11 Å². The molecule has 0 heterocycles. The molecule has 1 aromatic carbocycles. The number of aliphatic carboxylic acids is 1. The zero-order chi connectivity index (χ0) is 12.1. The molecule has 1 rings (SSSR count). The second-order valence-corrected chi connectivity index (χ2v) is 3.81. The molecule has 0 bridgehead atoms. The lowest BCUT2D eigenvalue weighted by Crippen LogP contribution is -2.20. The highest BCUT2D eigenvalue weighted by Crippen LogP contribution is 2.14. The first-order valence-corrected chi connectivity index (χ1v) is 5.14. The number of carboxylic acid groups (broad SMARTS) is 1. The quantitative estimate of drug-likeness (QED) is 0.790. The van der Waals surface area contributed by atoms with Crippen molar-refractivity contribution in [3.8, 4) is 0 Å². The summed E-state index contributed by atoms with van der Waals surface area (Å²) in [6.07, 6.45) is 0.854. The number of benzene rings is 1. The molecule has 0 spiro atoms. The van der Waals surface area contributed by atoms with Crippen LogP contribution in [0.3, 0.4) is 0 Å². The minimum atomic E-state index is -1.02. The van der Waals surface area contributed by atoms with Crippen LogP contribution in [0.25, 0.3) is 0 Å². The van der Waals surface area contributed by atoms with Crippen LogP contribution in [0.1, 0.15) is 24.1 Å². The molecule has 0 aliphatic rings. The van der Waals surface area contributed by atoms with Crippen molar-refractivity contribution >= 4 is 5.97 Å². The first-order chi connectivity index (χ1) is 7.54. The SMILES string of the molecule is COC(C)Cc1cccc(C(N)C(=O)O)c1. The van der Waals surface area contributed by atoms with E-state index in [1.807, 2.05) is 25.1 Å². The van der Waals surface area contributed by atoms with Gasteiger partial charge in [-0.15, -0.1) is 0 Å². The van der Waals surface area contributed by atoms with Gasteiger partial charge < -0.3 is 15.6 Å². The van der Waals surface area contributed by atoms with Gasteiger partial charge in [0.05, 0.1) is 6.10 Å². The highest BCUT2D eigenvalue weighted by molar-refractivity contribution is 5.75. The molecule has 0 saturated heterocycles. The Morgan fingerprint density at radius 1 is 1.56 bits per heavy atom. The van der Waals surface area contributed by atoms with Crippen LogP contribution in [0.15, 0.2) is 24.3 Å². The Morgan fingerprint density at radius 2 is 2.25 bits per heavy atom. The molecule has 4 heteroatoms. The molecule has 0 saturated carbocycles. The number of hydrogen-bond donors (Lipinski definition) is 2. The average molecular weight is 223 g/mol. The van der Waals surface area contributed by atoms with Gasteiger partial charge in [-0.2, -0.15) is 0 Å². The van der Waals surface area contributed by atoms with Crippen molar-refractivity contribution < 1.29 is 14.6 Å². The summed E-state index contributed by atoms with van der Waals surface area (Å²) in [6, 6.07) is 6.33. The van der Waals surface area contributed by atoms with E-state index in [9.17, 15) is 4.79 Å². The minimum absolute atomic E-state index is 0.108. The van der Waals surface area contributed by atoms with Gasteiger partial charge in [0.25, 0.3) is 0 Å². The fourth-order valence-corrected chi connectivity index (χ4v) is 1.47. The van der Waals surface area contributed by atoms with Crippen LogP contribution in [0.2, 0.25) is 0 Å². The van der Waals surface area contributed by atoms with E-state index in [0.717, 1.165) is 12.0 Å². The lowest BCUT2D eigenvalue weighted by Gasteiger charge is -2.12. The predicted octanol–water partition coefficient (Wildman–Crippen LogP) is 1.35. The molecule has 2 unspecified atom stereocenters. The van der Waals surface area contributed by atoms with Crippen molar-refractivity contribution in [2.24, 2.45) is 5.73 Å². The minimum Gasteiger partial charge on any atom is -0.480 e. The van der Waals surface area contributed by atoms with Crippen LogP contribution in [0, 0.1) is 0 Å². The van der Waals surface area contributed by atoms with Gasteiger partial charge in [0.15, 0.2) is 0 Å². The summed E-state index contributed by atoms with van der Waals surface area (Å²) in [5, 5.41) is 8.80. The van der Waals surface area contributed by atoms with Crippen LogP contribution in [-0.2, 0) is 16.0 Å². The van der Waals surface area contributed by atoms with E-state index in [4.69, 9.17) is 15.6 Å². The molecular formula is C12H17NO3. The van der Waals surface area contributed by atoms with Gasteiger partial charge in [0.1, 0.15) is 6.04 Å². The number of nitrogens with two attached hydrogens (primary N) is 1. The van der Waals surface area contributed by atoms with Gasteiger partial charge in [0.2, 0.25) is 0 Å². The topological polar surface area (TPSA) is 72.5 Å². The van der Waals surface area contributed by atoms with Crippen LogP contribution in [0.4, 0.5) is 0 Å². The predicted molar refractivity (Wildman–Crippen MR) is 61.2 cm³/mol. The van der Waals surface area contributed by atoms with Gasteiger partial charge in [-0.25, -0.2) is 0 Å². The maximum atomic E-state index is 10.7. The Bertz CT molecular complexity index is 365. The number of methoxy groups -OCH3 is 1. The standard InChI is InChI=1S/C12H17NO3/c1-8(16-2)6-9-4-3-5-10(7-9)11(13)12(14)15/h3-5,7-8,11H,6,13H2,1-2H3,(H,14,15). The van der Waals surface area contributed by atoms with Crippen LogP contribution >= 0.6 is 0 Å². The number of ether oxygens (including phenoxy) is 1. The third kappa shape index (κ3) is 3.32. The summed E-state index contributed by atoms with van der Waals surface area (Å²) in [7, 11) is 1.65. The number of hydrogen-bond acceptors (Lipinski definition) is 3. The van der Waals surface area contributed by atoms with Crippen molar-refractivity contribution in [3.05, 3.63) is 35.4 Å². The summed E-state index contributed by atoms with van der Waals surface area (Å²) in [5.41, 5.74) is 7.19. The highest BCUT2D eigenvalue weighted by Gasteiger charge is 2.14. The van der Waals surface area contributed by atoms with Gasteiger partial charge in [-0.1, -0.05) is 24.3 Å². The van der Waals surface area contributed by atoms with Crippen LogP contribution in [-0.4, -0.2) is 24.3 Å². The lowest BCUT2D eigenvalue weighted by atomic mass is 10.0. The van der Waals surface area contributed by atoms with E-state index in [1.54, 1.807) is 13.2 Å². The van der Waals surface area contributed by atoms with Crippen molar-refractivity contribution in [3.63, 3.8) is 0 Å². The first-order valence-electron chi connectivity index (χ1n) is 5.14. The second-order valence-electron chi connectivity index (χ2n) is 3.81. The Balaban J connectivity index is 2.82. The van der Waals surface area contributed by atoms with Crippen molar-refractivity contribution in [1.29, 1.82) is 0 Å². The molecular weight excluding hydrogens is 206 g/mol. The Kier molecular flexibility index (Phi) is 4.46. The van der Waals surface area contributed by atoms with E-state index in [2.05, 4.69) is 0 Å². The Hall–Kier alpha value is -1.39. The summed E-state index contributed by atoms with van der Waals surface area (Å²) in [4.78, 5) is 10.7. The third-order valence-corrected chi connectivity index (χ3v) is 2.50. The average Bonchev–Trinajstić information content (AvgIpc) is 2.28. The van der Waals surface area contributed by atoms with E-state index < -0.39 is 12.0 Å². The second kappa shape index (κ2) is 5.63. The molecule has 0 fully saturated rings. The number of carboxylic acids is 1. The van der Waals surface area contributed by atoms with E-state index in [1.165, 1.54) is 0 Å². The largest absolute Gasteiger partial charge is 0.480 e. The van der Waals surface area contributed by atoms with E-state index in [0.29, 0.717) is 5.56 Å². The van der Waals surface area contributed by atoms with Gasteiger partial charge in [-0.3, -0.25) is 4.79 Å². The number of carbonyl (C=O) groups is 1. The first kappa shape index (κ1) is 12.7. The summed E-state index contributed by atoms with van der Waals surface area (Å²) in [6.45, 7) is 1.96. The number of rotatable bonds is 5. The van der Waals surface area contributed by atoms with Gasteiger partial charge >= 0.3 is 5.97 Å². The molecule has 0 aliphatic heterocycles. The molecule has 0 radical (unpaired) electrons. The maximum absolute atomic E-state index is 10.7. The lowest BCUT2D eigenvalue weighted by molar-refractivity contribution is -0.138. The third-order valence-electron chi connectivity index (χ3n) is 2.50. The monoisotopic (exact) mass is 223 g/mol. The fraction of sp³-hybridized carbons (Fsp3) is 0.417. The smallest absolute Gasteiger partial charge is 0.325 e. The molecule has 0 amide bonds. The van der Waals surface area contributed by atoms with Crippen molar-refractivity contribution in [1.82, 2.24) is 0 Å². The fourth-order valence-electron chi connectivity index (χ4n) is 1.47. The van der Waals surface area contributed by atoms with Crippen LogP contribution in [0.5, 0.6) is 0 Å². The Labute approximate surface area is 95.0 Å². The van der Waals surface area contributed by atoms with E-state index >= 15 is 0 Å². The zero-order valence-electron chi connectivity index (χ0n) is 9.51. The Morgan fingerprint density at radius 3 is 2.81 bits per heavy atom. The van der Waals surface area contributed by atoms with Crippen molar-refractivity contribution in [2.75, 3.05) is 7.11 Å². The molecule has 88 valence electrons. The molecule has 1 aromatic rings. The molecule has 0 aliphatic carbocycles. The van der Waals surface area contributed by atoms with Crippen LogP contribution < -0.4 is 5.73 Å². The molecule has 0 aromatic heterocycles. The summed E-state index contributed by atoms with van der Waals surface area (Å²) >= 11 is 0. The molecule has 16 heavy (non-hydrogen) atoms. The highest BCUT2D eigenvalue weighted by atomic mass is 16.5. The summed E-state index contributed by atoms with van der Waals surface area (Å²) < 4.78 is 5.15. The summed E-state index contributed by atoms with van der Waals surface area (Å²) in [5.74, 6) is -1.02. The molecule has 3 N–H and O–H groups in total. The van der Waals surface area contributed by atoms with E-state index in [-0.39, 0.29) is 6.10 Å². The molecule has 2 atom stereocenters. The normalized spacial score (nSPS) is 14.4.